The molecule has 2 fully saturated rings. The van der Waals surface area contributed by atoms with Crippen LogP contribution >= 0.6 is 0 Å². The van der Waals surface area contributed by atoms with Crippen LogP contribution in [0.5, 0.6) is 0 Å². The molecule has 1 saturated carbocycles. The van der Waals surface area contributed by atoms with Gasteiger partial charge in [-0.3, -0.25) is 4.98 Å². The second-order valence-corrected chi connectivity index (χ2v) is 5.96. The molecule has 0 radical (unpaired) electrons. The molecule has 0 bridgehead atoms. The van der Waals surface area contributed by atoms with Crippen LogP contribution in [0.4, 0.5) is 5.69 Å². The average Bonchev–Trinajstić information content (AvgIpc) is 2.95. The maximum atomic E-state index is 9.80. The minimum Gasteiger partial charge on any atom is -0.387 e. The van der Waals surface area contributed by atoms with Crippen molar-refractivity contribution in [1.29, 1.82) is 0 Å². The normalized spacial score (nSPS) is 28.2. The topological polar surface area (TPSA) is 36.4 Å². The van der Waals surface area contributed by atoms with Crippen LogP contribution < -0.4 is 4.90 Å². The van der Waals surface area contributed by atoms with Crippen molar-refractivity contribution in [2.45, 2.75) is 57.6 Å². The van der Waals surface area contributed by atoms with Gasteiger partial charge in [-0.05, 0) is 50.2 Å². The van der Waals surface area contributed by atoms with Gasteiger partial charge >= 0.3 is 0 Å². The quantitative estimate of drug-likeness (QED) is 0.906. The molecule has 0 amide bonds. The number of aromatic nitrogens is 1. The Labute approximate surface area is 115 Å². The fourth-order valence-electron chi connectivity index (χ4n) is 3.75. The Hall–Kier alpha value is -1.09. The molecule has 1 saturated heterocycles. The largest absolute Gasteiger partial charge is 0.387 e. The molecule has 2 unspecified atom stereocenters. The lowest BCUT2D eigenvalue weighted by Gasteiger charge is -2.39. The van der Waals surface area contributed by atoms with E-state index in [1.807, 2.05) is 19.2 Å². The van der Waals surface area contributed by atoms with Crippen LogP contribution in [0.3, 0.4) is 0 Å². The number of nitrogens with zero attached hydrogens (tertiary/aromatic N) is 2. The van der Waals surface area contributed by atoms with E-state index in [2.05, 4.69) is 16.0 Å². The molecular weight excluding hydrogens is 236 g/mol. The van der Waals surface area contributed by atoms with Gasteiger partial charge in [0.05, 0.1) is 23.7 Å². The first-order chi connectivity index (χ1) is 9.29. The number of pyridine rings is 1. The van der Waals surface area contributed by atoms with Gasteiger partial charge in [-0.1, -0.05) is 13.3 Å². The Morgan fingerprint density at radius 1 is 1.32 bits per heavy atom. The first kappa shape index (κ1) is 12.9. The minimum absolute atomic E-state index is 0.422. The van der Waals surface area contributed by atoms with Crippen molar-refractivity contribution >= 4 is 5.69 Å². The number of fused-ring (bicyclic) bond motifs is 1. The summed E-state index contributed by atoms with van der Waals surface area (Å²) in [5.74, 6) is 0.898. The van der Waals surface area contributed by atoms with Gasteiger partial charge < -0.3 is 10.0 Å². The Balaban J connectivity index is 1.77. The van der Waals surface area contributed by atoms with Crippen molar-refractivity contribution in [3.8, 4) is 0 Å². The number of hydrogen-bond acceptors (Lipinski definition) is 3. The molecule has 1 N–H and O–H groups in total. The van der Waals surface area contributed by atoms with E-state index in [1.54, 1.807) is 0 Å². The molecule has 3 heteroatoms. The number of aliphatic hydroxyl groups is 1. The van der Waals surface area contributed by atoms with Gasteiger partial charge in [-0.2, -0.15) is 0 Å². The summed E-state index contributed by atoms with van der Waals surface area (Å²) in [5, 5.41) is 9.80. The summed E-state index contributed by atoms with van der Waals surface area (Å²) in [5.41, 5.74) is 2.04. The Bertz CT molecular complexity index is 417. The van der Waals surface area contributed by atoms with Crippen LogP contribution in [0.25, 0.3) is 0 Å². The molecule has 1 aliphatic heterocycles. The molecule has 2 heterocycles. The number of rotatable bonds is 3. The summed E-state index contributed by atoms with van der Waals surface area (Å²) >= 11 is 0. The molecule has 3 atom stereocenters. The molecule has 2 aliphatic rings. The first-order valence-corrected chi connectivity index (χ1v) is 7.70. The Kier molecular flexibility index (Phi) is 3.74. The van der Waals surface area contributed by atoms with Crippen LogP contribution in [0, 0.1) is 5.92 Å². The molecule has 104 valence electrons. The molecule has 19 heavy (non-hydrogen) atoms. The minimum atomic E-state index is -0.422. The van der Waals surface area contributed by atoms with Crippen molar-refractivity contribution in [1.82, 2.24) is 4.98 Å². The maximum Gasteiger partial charge on any atom is 0.0957 e. The molecule has 0 aromatic carbocycles. The molecule has 1 aromatic heterocycles. The van der Waals surface area contributed by atoms with E-state index in [1.165, 1.54) is 44.3 Å². The lowest BCUT2D eigenvalue weighted by molar-refractivity contribution is 0.169. The Morgan fingerprint density at radius 3 is 2.89 bits per heavy atom. The average molecular weight is 260 g/mol. The summed E-state index contributed by atoms with van der Waals surface area (Å²) in [6.07, 6.45) is 9.09. The molecular formula is C16H24N2O. The summed E-state index contributed by atoms with van der Waals surface area (Å²) in [6, 6.07) is 4.86. The molecule has 3 nitrogen and oxygen atoms in total. The van der Waals surface area contributed by atoms with Crippen LogP contribution in [0.2, 0.25) is 0 Å². The van der Waals surface area contributed by atoms with Gasteiger partial charge in [-0.15, -0.1) is 0 Å². The van der Waals surface area contributed by atoms with Crippen molar-refractivity contribution in [2.75, 3.05) is 11.4 Å². The fraction of sp³-hybridized carbons (Fsp3) is 0.688. The van der Waals surface area contributed by atoms with Gasteiger partial charge in [0.25, 0.3) is 0 Å². The summed E-state index contributed by atoms with van der Waals surface area (Å²) in [7, 11) is 0. The number of piperidine rings is 1. The summed E-state index contributed by atoms with van der Waals surface area (Å²) in [4.78, 5) is 7.00. The van der Waals surface area contributed by atoms with E-state index in [0.29, 0.717) is 0 Å². The van der Waals surface area contributed by atoms with E-state index in [0.717, 1.165) is 24.1 Å². The predicted octanol–water partition coefficient (Wildman–Crippen LogP) is 3.29. The van der Waals surface area contributed by atoms with Crippen LogP contribution in [-0.2, 0) is 0 Å². The SMILES string of the molecule is CC[C@H](O)c1ccc(N2CCCC3CCCC32)cn1. The van der Waals surface area contributed by atoms with Gasteiger partial charge in [0.1, 0.15) is 0 Å². The highest BCUT2D eigenvalue weighted by Gasteiger charge is 2.35. The van der Waals surface area contributed by atoms with Gasteiger partial charge in [0.15, 0.2) is 0 Å². The maximum absolute atomic E-state index is 9.80. The standard InChI is InChI=1S/C16H24N2O/c1-2-16(19)14-9-8-13(11-17-14)18-10-4-6-12-5-3-7-15(12)18/h8-9,11-12,15-16,19H,2-7,10H2,1H3/t12?,15?,16-/m0/s1. The van der Waals surface area contributed by atoms with Gasteiger partial charge in [0.2, 0.25) is 0 Å². The predicted molar refractivity (Wildman–Crippen MR) is 77.2 cm³/mol. The van der Waals surface area contributed by atoms with Crippen molar-refractivity contribution in [3.63, 3.8) is 0 Å². The van der Waals surface area contributed by atoms with Gasteiger partial charge in [0, 0.05) is 12.6 Å². The second kappa shape index (κ2) is 5.49. The van der Waals surface area contributed by atoms with Crippen LogP contribution in [0.1, 0.15) is 57.2 Å². The number of aliphatic hydroxyl groups excluding tert-OH is 1. The molecule has 0 spiro atoms. The zero-order valence-electron chi connectivity index (χ0n) is 11.8. The van der Waals surface area contributed by atoms with E-state index < -0.39 is 6.10 Å². The summed E-state index contributed by atoms with van der Waals surface area (Å²) in [6.45, 7) is 3.15. The third-order valence-corrected chi connectivity index (χ3v) is 4.82. The van der Waals surface area contributed by atoms with E-state index in [-0.39, 0.29) is 0 Å². The first-order valence-electron chi connectivity index (χ1n) is 7.70. The number of hydrogen-bond donors (Lipinski definition) is 1. The lowest BCUT2D eigenvalue weighted by atomic mass is 9.91. The van der Waals surface area contributed by atoms with E-state index in [9.17, 15) is 5.11 Å². The second-order valence-electron chi connectivity index (χ2n) is 5.96. The van der Waals surface area contributed by atoms with E-state index >= 15 is 0 Å². The Morgan fingerprint density at radius 2 is 2.16 bits per heavy atom. The third kappa shape index (κ3) is 2.48. The third-order valence-electron chi connectivity index (χ3n) is 4.82. The van der Waals surface area contributed by atoms with Gasteiger partial charge in [-0.25, -0.2) is 0 Å². The van der Waals surface area contributed by atoms with E-state index in [4.69, 9.17) is 0 Å². The highest BCUT2D eigenvalue weighted by atomic mass is 16.3. The highest BCUT2D eigenvalue weighted by molar-refractivity contribution is 5.47. The monoisotopic (exact) mass is 260 g/mol. The highest BCUT2D eigenvalue weighted by Crippen LogP contribution is 2.38. The smallest absolute Gasteiger partial charge is 0.0957 e. The number of anilines is 1. The van der Waals surface area contributed by atoms with Crippen molar-refractivity contribution in [2.24, 2.45) is 5.92 Å². The fourth-order valence-corrected chi connectivity index (χ4v) is 3.75. The van der Waals surface area contributed by atoms with Crippen molar-refractivity contribution < 1.29 is 5.11 Å². The van der Waals surface area contributed by atoms with Crippen LogP contribution in [0.15, 0.2) is 18.3 Å². The molecule has 1 aromatic rings. The zero-order chi connectivity index (χ0) is 13.2. The summed E-state index contributed by atoms with van der Waals surface area (Å²) < 4.78 is 0. The lowest BCUT2D eigenvalue weighted by Crippen LogP contribution is -2.42. The van der Waals surface area contributed by atoms with Crippen molar-refractivity contribution in [3.05, 3.63) is 24.0 Å². The molecule has 1 aliphatic carbocycles. The van der Waals surface area contributed by atoms with Crippen LogP contribution in [-0.4, -0.2) is 22.7 Å². The molecule has 3 rings (SSSR count). The zero-order valence-corrected chi connectivity index (χ0v) is 11.8.